The molecule has 0 saturated heterocycles. The maximum absolute atomic E-state index is 11.8. The van der Waals surface area contributed by atoms with Gasteiger partial charge < -0.3 is 14.2 Å². The average molecular weight is 298 g/mol. The van der Waals surface area contributed by atoms with Crippen molar-refractivity contribution in [3.8, 4) is 5.75 Å². The molecule has 20 heavy (non-hydrogen) atoms. The smallest absolute Gasteiger partial charge is 0.333 e. The van der Waals surface area contributed by atoms with E-state index in [1.165, 1.54) is 32.9 Å². The zero-order valence-electron chi connectivity index (χ0n) is 12.0. The lowest BCUT2D eigenvalue weighted by Gasteiger charge is -2.23. The molecule has 1 aromatic rings. The molecule has 0 unspecified atom stereocenters. The highest BCUT2D eigenvalue weighted by atomic mass is 32.2. The molecule has 0 N–H and O–H groups in total. The molecule has 0 atom stereocenters. The Balaban J connectivity index is 2.80. The number of benzene rings is 1. The number of carbonyl (C=O) groups excluding carboxylic acids is 2. The molecule has 0 amide bonds. The van der Waals surface area contributed by atoms with Gasteiger partial charge >= 0.3 is 11.9 Å². The van der Waals surface area contributed by atoms with Crippen LogP contribution in [0.15, 0.2) is 24.3 Å². The summed E-state index contributed by atoms with van der Waals surface area (Å²) in [7, 11) is 4.09. The molecule has 0 fully saturated rings. The minimum Gasteiger partial charge on any atom is -0.497 e. The summed E-state index contributed by atoms with van der Waals surface area (Å²) in [5.41, 5.74) is 0.967. The number of rotatable bonds is 6. The summed E-state index contributed by atoms with van der Waals surface area (Å²) in [5.74, 6) is -0.0156. The van der Waals surface area contributed by atoms with Gasteiger partial charge in [-0.3, -0.25) is 0 Å². The lowest BCUT2D eigenvalue weighted by atomic mass is 10.2. The van der Waals surface area contributed by atoms with E-state index in [1.807, 2.05) is 24.3 Å². The third kappa shape index (κ3) is 3.66. The van der Waals surface area contributed by atoms with E-state index < -0.39 is 16.7 Å². The number of methoxy groups -OCH3 is 3. The van der Waals surface area contributed by atoms with E-state index in [4.69, 9.17) is 4.74 Å². The summed E-state index contributed by atoms with van der Waals surface area (Å²) in [4.78, 5) is 23.6. The molecule has 1 aromatic carbocycles. The Morgan fingerprint density at radius 1 is 1.05 bits per heavy atom. The maximum atomic E-state index is 11.8. The number of thioether (sulfide) groups is 1. The standard InChI is InChI=1S/C14H18O5S/c1-14(12(15)18-3,13(16)19-4)20-9-10-5-7-11(17-2)8-6-10/h5-8H,9H2,1-4H3. The van der Waals surface area contributed by atoms with Gasteiger partial charge in [-0.1, -0.05) is 12.1 Å². The lowest BCUT2D eigenvalue weighted by Crippen LogP contribution is -2.42. The van der Waals surface area contributed by atoms with Crippen LogP contribution in [-0.4, -0.2) is 38.0 Å². The van der Waals surface area contributed by atoms with Crippen molar-refractivity contribution in [2.24, 2.45) is 0 Å². The number of hydrogen-bond acceptors (Lipinski definition) is 6. The summed E-state index contributed by atoms with van der Waals surface area (Å²) in [5, 5.41) is 0. The molecule has 1 rings (SSSR count). The van der Waals surface area contributed by atoms with Crippen LogP contribution in [-0.2, 0) is 24.8 Å². The summed E-state index contributed by atoms with van der Waals surface area (Å²) in [6.07, 6.45) is 0. The zero-order valence-corrected chi connectivity index (χ0v) is 12.8. The topological polar surface area (TPSA) is 61.8 Å². The first-order valence-electron chi connectivity index (χ1n) is 5.91. The van der Waals surface area contributed by atoms with Crippen LogP contribution in [0.1, 0.15) is 12.5 Å². The van der Waals surface area contributed by atoms with E-state index in [0.717, 1.165) is 11.3 Å². The van der Waals surface area contributed by atoms with Crippen molar-refractivity contribution in [3.05, 3.63) is 29.8 Å². The van der Waals surface area contributed by atoms with Crippen LogP contribution < -0.4 is 4.74 Å². The van der Waals surface area contributed by atoms with Gasteiger partial charge in [0, 0.05) is 5.75 Å². The second kappa shape index (κ2) is 7.19. The third-order valence-corrected chi connectivity index (χ3v) is 4.22. The van der Waals surface area contributed by atoms with E-state index in [-0.39, 0.29) is 0 Å². The van der Waals surface area contributed by atoms with Crippen LogP contribution in [0.5, 0.6) is 5.75 Å². The SMILES string of the molecule is COC(=O)C(C)(SCc1ccc(OC)cc1)C(=O)OC. The predicted molar refractivity (Wildman–Crippen MR) is 76.7 cm³/mol. The molecule has 0 aromatic heterocycles. The Morgan fingerprint density at radius 3 is 1.95 bits per heavy atom. The van der Waals surface area contributed by atoms with E-state index in [0.29, 0.717) is 5.75 Å². The Labute approximate surface area is 122 Å². The average Bonchev–Trinajstić information content (AvgIpc) is 2.51. The minimum absolute atomic E-state index is 0.477. The molecule has 0 saturated carbocycles. The molecule has 0 bridgehead atoms. The Morgan fingerprint density at radius 2 is 1.55 bits per heavy atom. The molecule has 110 valence electrons. The van der Waals surface area contributed by atoms with Crippen molar-refractivity contribution < 1.29 is 23.8 Å². The van der Waals surface area contributed by atoms with Gasteiger partial charge in [0.2, 0.25) is 4.75 Å². The largest absolute Gasteiger partial charge is 0.497 e. The molecule has 0 aliphatic heterocycles. The van der Waals surface area contributed by atoms with Crippen LogP contribution in [0.3, 0.4) is 0 Å². The van der Waals surface area contributed by atoms with Gasteiger partial charge in [-0.25, -0.2) is 9.59 Å². The number of carbonyl (C=O) groups is 2. The predicted octanol–water partition coefficient (Wildman–Crippen LogP) is 2.03. The summed E-state index contributed by atoms with van der Waals surface area (Å²) in [6, 6.07) is 7.40. The van der Waals surface area contributed by atoms with E-state index in [1.54, 1.807) is 7.11 Å². The van der Waals surface area contributed by atoms with Crippen LogP contribution in [0, 0.1) is 0 Å². The monoisotopic (exact) mass is 298 g/mol. The van der Waals surface area contributed by atoms with Gasteiger partial charge in [0.1, 0.15) is 5.75 Å². The fourth-order valence-corrected chi connectivity index (χ4v) is 2.59. The highest BCUT2D eigenvalue weighted by molar-refractivity contribution is 8.01. The van der Waals surface area contributed by atoms with Gasteiger partial charge in [-0.15, -0.1) is 11.8 Å². The number of hydrogen-bond donors (Lipinski definition) is 0. The van der Waals surface area contributed by atoms with Gasteiger partial charge in [-0.2, -0.15) is 0 Å². The normalized spacial score (nSPS) is 10.8. The molecule has 0 heterocycles. The van der Waals surface area contributed by atoms with Crippen molar-refractivity contribution in [1.29, 1.82) is 0 Å². The van der Waals surface area contributed by atoms with Crippen molar-refractivity contribution in [2.45, 2.75) is 17.4 Å². The van der Waals surface area contributed by atoms with Crippen molar-refractivity contribution in [1.82, 2.24) is 0 Å². The first-order valence-corrected chi connectivity index (χ1v) is 6.90. The highest BCUT2D eigenvalue weighted by Crippen LogP contribution is 2.31. The van der Waals surface area contributed by atoms with Crippen molar-refractivity contribution in [2.75, 3.05) is 21.3 Å². The fraction of sp³-hybridized carbons (Fsp3) is 0.429. The van der Waals surface area contributed by atoms with Gasteiger partial charge in [0.05, 0.1) is 21.3 Å². The second-order valence-corrected chi connectivity index (χ2v) is 5.55. The Hall–Kier alpha value is -1.69. The van der Waals surface area contributed by atoms with E-state index in [2.05, 4.69) is 9.47 Å². The lowest BCUT2D eigenvalue weighted by molar-refractivity contribution is -0.155. The first-order chi connectivity index (χ1) is 9.47. The quantitative estimate of drug-likeness (QED) is 0.591. The van der Waals surface area contributed by atoms with E-state index in [9.17, 15) is 9.59 Å². The third-order valence-electron chi connectivity index (χ3n) is 2.84. The van der Waals surface area contributed by atoms with Gasteiger partial charge in [-0.05, 0) is 24.6 Å². The summed E-state index contributed by atoms with van der Waals surface area (Å²) < 4.78 is 13.1. The first kappa shape index (κ1) is 16.4. The molecular weight excluding hydrogens is 280 g/mol. The number of esters is 2. The zero-order chi connectivity index (χ0) is 15.2. The van der Waals surface area contributed by atoms with Crippen molar-refractivity contribution >= 4 is 23.7 Å². The number of ether oxygens (including phenoxy) is 3. The van der Waals surface area contributed by atoms with Gasteiger partial charge in [0.15, 0.2) is 0 Å². The van der Waals surface area contributed by atoms with Crippen LogP contribution in [0.4, 0.5) is 0 Å². The van der Waals surface area contributed by atoms with E-state index >= 15 is 0 Å². The van der Waals surface area contributed by atoms with Gasteiger partial charge in [0.25, 0.3) is 0 Å². The van der Waals surface area contributed by atoms with Crippen molar-refractivity contribution in [3.63, 3.8) is 0 Å². The Kier molecular flexibility index (Phi) is 5.88. The molecule has 6 heteroatoms. The second-order valence-electron chi connectivity index (χ2n) is 4.15. The molecule has 0 spiro atoms. The molecule has 5 nitrogen and oxygen atoms in total. The minimum atomic E-state index is -1.37. The van der Waals surface area contributed by atoms with Crippen LogP contribution in [0.25, 0.3) is 0 Å². The maximum Gasteiger partial charge on any atom is 0.333 e. The summed E-state index contributed by atoms with van der Waals surface area (Å²) >= 11 is 1.17. The molecule has 0 aliphatic rings. The summed E-state index contributed by atoms with van der Waals surface area (Å²) in [6.45, 7) is 1.50. The molecule has 0 aliphatic carbocycles. The molecule has 0 radical (unpaired) electrons. The van der Waals surface area contributed by atoms with Crippen LogP contribution in [0.2, 0.25) is 0 Å². The molecular formula is C14H18O5S. The van der Waals surface area contributed by atoms with Crippen LogP contribution >= 0.6 is 11.8 Å². The Bertz CT molecular complexity index is 453. The highest BCUT2D eigenvalue weighted by Gasteiger charge is 2.44. The fourth-order valence-electron chi connectivity index (χ4n) is 1.54.